The van der Waals surface area contributed by atoms with Crippen LogP contribution in [0.15, 0.2) is 47.6 Å². The highest BCUT2D eigenvalue weighted by Crippen LogP contribution is 2.31. The first kappa shape index (κ1) is 20.6. The third-order valence-corrected chi connectivity index (χ3v) is 4.83. The van der Waals surface area contributed by atoms with E-state index in [9.17, 15) is 5.11 Å². The number of anilines is 1. The summed E-state index contributed by atoms with van der Waals surface area (Å²) >= 11 is 0. The van der Waals surface area contributed by atoms with Crippen molar-refractivity contribution < 1.29 is 9.63 Å². The summed E-state index contributed by atoms with van der Waals surface area (Å²) in [4.78, 5) is 17.4. The summed E-state index contributed by atoms with van der Waals surface area (Å²) in [6.07, 6.45) is 8.27. The molecule has 31 heavy (non-hydrogen) atoms. The number of aromatic nitrogens is 7. The van der Waals surface area contributed by atoms with Crippen molar-refractivity contribution in [3.8, 4) is 22.8 Å². The molecule has 0 fully saturated rings. The van der Waals surface area contributed by atoms with Crippen LogP contribution in [0, 0.1) is 0 Å². The average molecular weight is 420 g/mol. The summed E-state index contributed by atoms with van der Waals surface area (Å²) in [5.41, 5.74) is 7.12. The maximum Gasteiger partial charge on any atom is 0.261 e. The number of hydrogen-bond donors (Lipinski definition) is 2. The van der Waals surface area contributed by atoms with Crippen molar-refractivity contribution in [3.63, 3.8) is 0 Å². The van der Waals surface area contributed by atoms with Gasteiger partial charge in [0, 0.05) is 12.4 Å². The van der Waals surface area contributed by atoms with Gasteiger partial charge in [0.15, 0.2) is 5.82 Å². The molecule has 160 valence electrons. The van der Waals surface area contributed by atoms with Gasteiger partial charge in [-0.05, 0) is 39.3 Å². The Hall–Kier alpha value is -3.66. The maximum atomic E-state index is 9.96. The van der Waals surface area contributed by atoms with Gasteiger partial charge in [0.2, 0.25) is 0 Å². The highest BCUT2D eigenvalue weighted by molar-refractivity contribution is 5.54. The zero-order valence-electron chi connectivity index (χ0n) is 17.8. The van der Waals surface area contributed by atoms with Crippen LogP contribution < -0.4 is 5.73 Å². The molecule has 0 aliphatic heterocycles. The first-order valence-electron chi connectivity index (χ1n) is 9.76. The van der Waals surface area contributed by atoms with E-state index in [4.69, 9.17) is 10.3 Å². The summed E-state index contributed by atoms with van der Waals surface area (Å²) in [5, 5.41) is 18.4. The minimum absolute atomic E-state index is 0.357. The van der Waals surface area contributed by atoms with Crippen LogP contribution in [-0.4, -0.2) is 45.6 Å². The molecule has 0 saturated heterocycles. The molecule has 4 rings (SSSR count). The summed E-state index contributed by atoms with van der Waals surface area (Å²) in [6, 6.07) is 3.83. The molecule has 0 aliphatic rings. The van der Waals surface area contributed by atoms with E-state index in [1.54, 1.807) is 43.3 Å². The second kappa shape index (κ2) is 7.55. The standard InChI is InChI=1S/C21H24N8O2/c1-20(2,30)12-29-11-13(7-26-29)18-27-19(28-31-18)21(3,4)14-5-6-15(23-8-14)16-9-25-17(22)10-24-16/h5-11,30H,12H2,1-4H3,(H2,22,25). The molecule has 10 heteroatoms. The van der Waals surface area contributed by atoms with E-state index in [2.05, 4.69) is 30.2 Å². The Labute approximate surface area is 179 Å². The zero-order valence-corrected chi connectivity index (χ0v) is 17.8. The van der Waals surface area contributed by atoms with Crippen LogP contribution >= 0.6 is 0 Å². The lowest BCUT2D eigenvalue weighted by atomic mass is 9.85. The van der Waals surface area contributed by atoms with Gasteiger partial charge in [-0.3, -0.25) is 9.67 Å². The van der Waals surface area contributed by atoms with E-state index >= 15 is 0 Å². The van der Waals surface area contributed by atoms with Crippen LogP contribution in [0.3, 0.4) is 0 Å². The molecule has 3 N–H and O–H groups in total. The minimum Gasteiger partial charge on any atom is -0.389 e. The van der Waals surface area contributed by atoms with Crippen molar-refractivity contribution in [2.24, 2.45) is 0 Å². The second-order valence-electron chi connectivity index (χ2n) is 8.55. The van der Waals surface area contributed by atoms with Gasteiger partial charge in [-0.15, -0.1) is 0 Å². The third kappa shape index (κ3) is 4.43. The minimum atomic E-state index is -0.873. The molecule has 0 spiro atoms. The first-order valence-corrected chi connectivity index (χ1v) is 9.76. The van der Waals surface area contributed by atoms with Crippen molar-refractivity contribution in [1.29, 1.82) is 0 Å². The molecule has 0 bridgehead atoms. The summed E-state index contributed by atoms with van der Waals surface area (Å²) in [6.45, 7) is 7.80. The number of aliphatic hydroxyl groups is 1. The van der Waals surface area contributed by atoms with E-state index in [0.717, 1.165) is 5.56 Å². The molecular weight excluding hydrogens is 396 g/mol. The van der Waals surface area contributed by atoms with Gasteiger partial charge in [-0.1, -0.05) is 11.2 Å². The predicted octanol–water partition coefficient (Wildman–Crippen LogP) is 2.46. The smallest absolute Gasteiger partial charge is 0.261 e. The SMILES string of the molecule is CC(C)(O)Cn1cc(-c2nc(C(C)(C)c3ccc(-c4cnc(N)cn4)nc3)no2)cn1. The van der Waals surface area contributed by atoms with Gasteiger partial charge in [-0.2, -0.15) is 10.1 Å². The van der Waals surface area contributed by atoms with Crippen LogP contribution in [0.5, 0.6) is 0 Å². The van der Waals surface area contributed by atoms with E-state index in [1.165, 1.54) is 6.20 Å². The average Bonchev–Trinajstić information content (AvgIpc) is 3.37. The van der Waals surface area contributed by atoms with Crippen LogP contribution in [0.1, 0.15) is 39.1 Å². The number of nitrogens with zero attached hydrogens (tertiary/aromatic N) is 7. The molecule has 0 radical (unpaired) electrons. The largest absolute Gasteiger partial charge is 0.389 e. The van der Waals surface area contributed by atoms with Crippen molar-refractivity contribution in [2.45, 2.75) is 45.3 Å². The Kier molecular flexibility index (Phi) is 5.02. The Morgan fingerprint density at radius 1 is 1.00 bits per heavy atom. The van der Waals surface area contributed by atoms with E-state index in [0.29, 0.717) is 41.0 Å². The normalized spacial score (nSPS) is 12.3. The lowest BCUT2D eigenvalue weighted by molar-refractivity contribution is 0.0577. The number of hydrogen-bond acceptors (Lipinski definition) is 9. The molecule has 0 saturated carbocycles. The van der Waals surface area contributed by atoms with Gasteiger partial charge in [0.25, 0.3) is 5.89 Å². The first-order chi connectivity index (χ1) is 14.6. The number of nitrogens with two attached hydrogens (primary N) is 1. The molecule has 0 atom stereocenters. The Bertz CT molecular complexity index is 1170. The van der Waals surface area contributed by atoms with Crippen molar-refractivity contribution >= 4 is 5.82 Å². The Balaban J connectivity index is 1.55. The fourth-order valence-electron chi connectivity index (χ4n) is 3.07. The monoisotopic (exact) mass is 420 g/mol. The lowest BCUT2D eigenvalue weighted by Gasteiger charge is -2.20. The van der Waals surface area contributed by atoms with Crippen molar-refractivity contribution in [2.75, 3.05) is 5.73 Å². The maximum absolute atomic E-state index is 9.96. The number of nitrogen functional groups attached to an aromatic ring is 1. The third-order valence-electron chi connectivity index (χ3n) is 4.83. The van der Waals surface area contributed by atoms with Crippen LogP contribution in [0.2, 0.25) is 0 Å². The van der Waals surface area contributed by atoms with Crippen LogP contribution in [0.25, 0.3) is 22.8 Å². The summed E-state index contributed by atoms with van der Waals surface area (Å²) in [5.74, 6) is 1.26. The topological polar surface area (TPSA) is 142 Å². The van der Waals surface area contributed by atoms with E-state index in [1.807, 2.05) is 26.0 Å². The molecule has 0 amide bonds. The molecular formula is C21H24N8O2. The molecule has 4 aromatic heterocycles. The van der Waals surface area contributed by atoms with Crippen LogP contribution in [-0.2, 0) is 12.0 Å². The summed E-state index contributed by atoms with van der Waals surface area (Å²) < 4.78 is 7.12. The van der Waals surface area contributed by atoms with Gasteiger partial charge in [0.1, 0.15) is 11.5 Å². The molecule has 4 heterocycles. The second-order valence-corrected chi connectivity index (χ2v) is 8.55. The van der Waals surface area contributed by atoms with Gasteiger partial charge >= 0.3 is 0 Å². The lowest BCUT2D eigenvalue weighted by Crippen LogP contribution is -2.26. The highest BCUT2D eigenvalue weighted by Gasteiger charge is 2.30. The Morgan fingerprint density at radius 2 is 1.77 bits per heavy atom. The zero-order chi connectivity index (χ0) is 22.2. The van der Waals surface area contributed by atoms with Gasteiger partial charge < -0.3 is 15.4 Å². The molecule has 0 aliphatic carbocycles. The predicted molar refractivity (Wildman–Crippen MR) is 114 cm³/mol. The molecule has 10 nitrogen and oxygen atoms in total. The fraction of sp³-hybridized carbons (Fsp3) is 0.333. The molecule has 0 aromatic carbocycles. The van der Waals surface area contributed by atoms with E-state index < -0.39 is 11.0 Å². The van der Waals surface area contributed by atoms with Gasteiger partial charge in [-0.25, -0.2) is 9.97 Å². The fourth-order valence-corrected chi connectivity index (χ4v) is 3.07. The number of pyridine rings is 1. The van der Waals surface area contributed by atoms with Crippen molar-refractivity contribution in [1.82, 2.24) is 34.9 Å². The quantitative estimate of drug-likeness (QED) is 0.481. The van der Waals surface area contributed by atoms with Crippen LogP contribution in [0.4, 0.5) is 5.82 Å². The summed E-state index contributed by atoms with van der Waals surface area (Å²) in [7, 11) is 0. The molecule has 0 unspecified atom stereocenters. The Morgan fingerprint density at radius 3 is 2.42 bits per heavy atom. The van der Waals surface area contributed by atoms with Gasteiger partial charge in [0.05, 0.1) is 47.4 Å². The van der Waals surface area contributed by atoms with Crippen molar-refractivity contribution in [3.05, 3.63) is 54.5 Å². The number of rotatable bonds is 6. The molecule has 4 aromatic rings. The van der Waals surface area contributed by atoms with E-state index in [-0.39, 0.29) is 0 Å². The highest BCUT2D eigenvalue weighted by atomic mass is 16.5.